The lowest BCUT2D eigenvalue weighted by molar-refractivity contribution is 0.111. The SMILES string of the molecule is CCCn1nnc(C=O)c1CCOC. The summed E-state index contributed by atoms with van der Waals surface area (Å²) < 4.78 is 6.73. The van der Waals surface area contributed by atoms with Gasteiger partial charge in [-0.1, -0.05) is 12.1 Å². The van der Waals surface area contributed by atoms with Gasteiger partial charge in [0.25, 0.3) is 0 Å². The Hall–Kier alpha value is -1.23. The predicted octanol–water partition coefficient (Wildman–Crippen LogP) is 0.690. The van der Waals surface area contributed by atoms with Crippen LogP contribution in [0.25, 0.3) is 0 Å². The highest BCUT2D eigenvalue weighted by Crippen LogP contribution is 2.05. The highest BCUT2D eigenvalue weighted by Gasteiger charge is 2.10. The molecule has 0 N–H and O–H groups in total. The molecule has 1 rings (SSSR count). The molecular weight excluding hydrogens is 182 g/mol. The summed E-state index contributed by atoms with van der Waals surface area (Å²) in [5.41, 5.74) is 1.29. The average Bonchev–Trinajstić information content (AvgIpc) is 2.58. The van der Waals surface area contributed by atoms with E-state index in [2.05, 4.69) is 17.2 Å². The largest absolute Gasteiger partial charge is 0.384 e. The maximum absolute atomic E-state index is 10.7. The maximum Gasteiger partial charge on any atom is 0.172 e. The summed E-state index contributed by atoms with van der Waals surface area (Å²) in [6, 6.07) is 0. The Kier molecular flexibility index (Phi) is 4.25. The van der Waals surface area contributed by atoms with Crippen LogP contribution in [0, 0.1) is 0 Å². The van der Waals surface area contributed by atoms with Gasteiger partial charge in [0.2, 0.25) is 0 Å². The Bertz CT molecular complexity index is 296. The van der Waals surface area contributed by atoms with Gasteiger partial charge in [-0.05, 0) is 6.42 Å². The molecule has 0 bridgehead atoms. The molecule has 0 unspecified atom stereocenters. The third-order valence-corrected chi connectivity index (χ3v) is 1.96. The standard InChI is InChI=1S/C9H15N3O2/c1-3-5-12-9(4-6-14-2)8(7-13)10-11-12/h7H,3-6H2,1-2H3. The molecule has 0 radical (unpaired) electrons. The molecule has 5 heteroatoms. The summed E-state index contributed by atoms with van der Waals surface area (Å²) in [4.78, 5) is 10.7. The molecule has 1 aromatic rings. The molecule has 0 aromatic carbocycles. The first-order valence-electron chi connectivity index (χ1n) is 4.70. The first-order valence-corrected chi connectivity index (χ1v) is 4.70. The van der Waals surface area contributed by atoms with Crippen molar-refractivity contribution in [3.63, 3.8) is 0 Å². The summed E-state index contributed by atoms with van der Waals surface area (Å²) >= 11 is 0. The number of methoxy groups -OCH3 is 1. The van der Waals surface area contributed by atoms with Crippen LogP contribution in [0.15, 0.2) is 0 Å². The van der Waals surface area contributed by atoms with Crippen LogP contribution in [0.3, 0.4) is 0 Å². The molecule has 14 heavy (non-hydrogen) atoms. The number of aldehydes is 1. The van der Waals surface area contributed by atoms with E-state index in [9.17, 15) is 4.79 Å². The summed E-state index contributed by atoms with van der Waals surface area (Å²) in [6.45, 7) is 3.43. The number of aryl methyl sites for hydroxylation is 1. The van der Waals surface area contributed by atoms with E-state index in [4.69, 9.17) is 4.74 Å². The van der Waals surface area contributed by atoms with Crippen LogP contribution >= 0.6 is 0 Å². The zero-order chi connectivity index (χ0) is 10.4. The zero-order valence-corrected chi connectivity index (χ0v) is 8.56. The Labute approximate surface area is 83.1 Å². The molecule has 1 heterocycles. The molecule has 0 amide bonds. The normalized spacial score (nSPS) is 10.4. The molecule has 0 atom stereocenters. The first kappa shape index (κ1) is 10.8. The summed E-state index contributed by atoms with van der Waals surface area (Å²) in [7, 11) is 1.63. The Morgan fingerprint density at radius 3 is 2.93 bits per heavy atom. The molecule has 0 spiro atoms. The number of carbonyl (C=O) groups is 1. The summed E-state index contributed by atoms with van der Waals surface area (Å²) in [5.74, 6) is 0. The zero-order valence-electron chi connectivity index (χ0n) is 8.56. The third kappa shape index (κ3) is 2.38. The fourth-order valence-electron chi connectivity index (χ4n) is 1.29. The minimum atomic E-state index is 0.426. The number of aromatic nitrogens is 3. The molecule has 78 valence electrons. The minimum Gasteiger partial charge on any atom is -0.384 e. The van der Waals surface area contributed by atoms with Crippen LogP contribution in [-0.4, -0.2) is 35.0 Å². The number of hydrogen-bond acceptors (Lipinski definition) is 4. The maximum atomic E-state index is 10.7. The van der Waals surface area contributed by atoms with Crippen LogP contribution in [-0.2, 0) is 17.7 Å². The van der Waals surface area contributed by atoms with Crippen molar-refractivity contribution in [3.05, 3.63) is 11.4 Å². The van der Waals surface area contributed by atoms with Gasteiger partial charge in [-0.25, -0.2) is 4.68 Å². The number of hydrogen-bond donors (Lipinski definition) is 0. The van der Waals surface area contributed by atoms with Gasteiger partial charge >= 0.3 is 0 Å². The second-order valence-electron chi connectivity index (χ2n) is 3.01. The van der Waals surface area contributed by atoms with E-state index < -0.39 is 0 Å². The van der Waals surface area contributed by atoms with Gasteiger partial charge in [-0.3, -0.25) is 4.79 Å². The molecule has 0 aliphatic heterocycles. The number of ether oxygens (including phenoxy) is 1. The molecule has 5 nitrogen and oxygen atoms in total. The summed E-state index contributed by atoms with van der Waals surface area (Å²) in [6.07, 6.45) is 2.39. The number of carbonyl (C=O) groups excluding carboxylic acids is 1. The highest BCUT2D eigenvalue weighted by atomic mass is 16.5. The van der Waals surface area contributed by atoms with Crippen molar-refractivity contribution in [2.75, 3.05) is 13.7 Å². The van der Waals surface area contributed by atoms with Gasteiger partial charge in [0, 0.05) is 20.1 Å². The van der Waals surface area contributed by atoms with E-state index in [0.29, 0.717) is 18.7 Å². The lowest BCUT2D eigenvalue weighted by Gasteiger charge is -2.04. The van der Waals surface area contributed by atoms with Crippen molar-refractivity contribution in [1.29, 1.82) is 0 Å². The van der Waals surface area contributed by atoms with E-state index in [-0.39, 0.29) is 0 Å². The molecule has 0 aliphatic rings. The van der Waals surface area contributed by atoms with Crippen molar-refractivity contribution in [3.8, 4) is 0 Å². The Morgan fingerprint density at radius 2 is 2.36 bits per heavy atom. The third-order valence-electron chi connectivity index (χ3n) is 1.96. The van der Waals surface area contributed by atoms with Gasteiger partial charge in [-0.2, -0.15) is 0 Å². The first-order chi connectivity index (χ1) is 6.83. The second kappa shape index (κ2) is 5.49. The van der Waals surface area contributed by atoms with Crippen molar-refractivity contribution in [2.45, 2.75) is 26.3 Å². The number of rotatable bonds is 6. The Balaban J connectivity index is 2.81. The van der Waals surface area contributed by atoms with Crippen LogP contribution in [0.4, 0.5) is 0 Å². The van der Waals surface area contributed by atoms with Crippen LogP contribution in [0.1, 0.15) is 29.5 Å². The number of nitrogens with zero attached hydrogens (tertiary/aromatic N) is 3. The van der Waals surface area contributed by atoms with Gasteiger partial charge in [0.1, 0.15) is 5.69 Å². The summed E-state index contributed by atoms with van der Waals surface area (Å²) in [5, 5.41) is 7.70. The minimum absolute atomic E-state index is 0.426. The van der Waals surface area contributed by atoms with Crippen molar-refractivity contribution in [1.82, 2.24) is 15.0 Å². The van der Waals surface area contributed by atoms with E-state index in [1.165, 1.54) is 0 Å². The smallest absolute Gasteiger partial charge is 0.172 e. The molecule has 0 aliphatic carbocycles. The van der Waals surface area contributed by atoms with Gasteiger partial charge in [0.15, 0.2) is 6.29 Å². The lowest BCUT2D eigenvalue weighted by atomic mass is 10.2. The fourth-order valence-corrected chi connectivity index (χ4v) is 1.29. The molecular formula is C9H15N3O2. The second-order valence-corrected chi connectivity index (χ2v) is 3.01. The van der Waals surface area contributed by atoms with Gasteiger partial charge in [0.05, 0.1) is 12.3 Å². The van der Waals surface area contributed by atoms with E-state index in [0.717, 1.165) is 24.9 Å². The van der Waals surface area contributed by atoms with Crippen LogP contribution in [0.2, 0.25) is 0 Å². The fraction of sp³-hybridized carbons (Fsp3) is 0.667. The van der Waals surface area contributed by atoms with Crippen molar-refractivity contribution >= 4 is 6.29 Å². The quantitative estimate of drug-likeness (QED) is 0.629. The van der Waals surface area contributed by atoms with E-state index >= 15 is 0 Å². The topological polar surface area (TPSA) is 57.0 Å². The predicted molar refractivity (Wildman–Crippen MR) is 51.3 cm³/mol. The molecule has 0 saturated carbocycles. The lowest BCUT2D eigenvalue weighted by Crippen LogP contribution is -2.08. The van der Waals surface area contributed by atoms with Gasteiger partial charge < -0.3 is 4.74 Å². The van der Waals surface area contributed by atoms with Crippen LogP contribution in [0.5, 0.6) is 0 Å². The molecule has 0 saturated heterocycles. The van der Waals surface area contributed by atoms with Crippen molar-refractivity contribution < 1.29 is 9.53 Å². The monoisotopic (exact) mass is 197 g/mol. The van der Waals surface area contributed by atoms with E-state index in [1.54, 1.807) is 11.8 Å². The highest BCUT2D eigenvalue weighted by molar-refractivity contribution is 5.73. The van der Waals surface area contributed by atoms with Crippen LogP contribution < -0.4 is 0 Å². The van der Waals surface area contributed by atoms with Crippen molar-refractivity contribution in [2.24, 2.45) is 0 Å². The Morgan fingerprint density at radius 1 is 1.57 bits per heavy atom. The molecule has 0 fully saturated rings. The average molecular weight is 197 g/mol. The van der Waals surface area contributed by atoms with Gasteiger partial charge in [-0.15, -0.1) is 5.10 Å². The van der Waals surface area contributed by atoms with E-state index in [1.807, 2.05) is 0 Å². The molecule has 1 aromatic heterocycles.